The summed E-state index contributed by atoms with van der Waals surface area (Å²) in [5, 5.41) is 4.27. The van der Waals surface area contributed by atoms with Crippen LogP contribution in [-0.2, 0) is 20.8 Å². The molecule has 1 amide bonds. The van der Waals surface area contributed by atoms with Crippen molar-refractivity contribution in [3.8, 4) is 0 Å². The number of hydroxylamine groups is 2. The molecule has 1 saturated heterocycles. The molecule has 2 aromatic rings. The van der Waals surface area contributed by atoms with Crippen LogP contribution in [0.15, 0.2) is 42.5 Å². The third-order valence-corrected chi connectivity index (χ3v) is 5.09. The van der Waals surface area contributed by atoms with Gasteiger partial charge in [0, 0.05) is 17.8 Å². The summed E-state index contributed by atoms with van der Waals surface area (Å²) in [5.41, 5.74) is 4.04. The van der Waals surface area contributed by atoms with E-state index in [2.05, 4.69) is 5.32 Å². The van der Waals surface area contributed by atoms with Crippen molar-refractivity contribution in [2.45, 2.75) is 45.6 Å². The average molecular weight is 394 g/mol. The van der Waals surface area contributed by atoms with Crippen molar-refractivity contribution in [2.75, 3.05) is 11.9 Å². The molecule has 1 aliphatic rings. The van der Waals surface area contributed by atoms with Crippen LogP contribution in [0.3, 0.4) is 0 Å². The lowest BCUT2D eigenvalue weighted by atomic mass is 9.97. The number of hydrogen-bond donors (Lipinski definition) is 1. The lowest BCUT2D eigenvalue weighted by Crippen LogP contribution is -2.43. The maximum atomic E-state index is 12.6. The number of hydrogen-bond acceptors (Lipinski definition) is 5. The minimum absolute atomic E-state index is 0.0182. The molecular weight excluding hydrogens is 368 g/mol. The minimum atomic E-state index is -0.840. The molecule has 29 heavy (non-hydrogen) atoms. The maximum Gasteiger partial charge on any atom is 0.398 e. The average Bonchev–Trinajstić information content (AvgIpc) is 2.70. The van der Waals surface area contributed by atoms with Crippen molar-refractivity contribution >= 4 is 23.9 Å². The molecule has 1 unspecified atom stereocenters. The van der Waals surface area contributed by atoms with Gasteiger partial charge in [0.2, 0.25) is 6.41 Å². The van der Waals surface area contributed by atoms with Crippen molar-refractivity contribution in [2.24, 2.45) is 0 Å². The van der Waals surface area contributed by atoms with Gasteiger partial charge in [0.15, 0.2) is 0 Å². The number of nitrogens with zero attached hydrogens (tertiary/aromatic N) is 1. The number of benzene rings is 2. The van der Waals surface area contributed by atoms with Crippen LogP contribution in [-0.4, -0.2) is 35.8 Å². The van der Waals surface area contributed by atoms with Gasteiger partial charge in [-0.15, -0.1) is 5.06 Å². The van der Waals surface area contributed by atoms with Crippen LogP contribution in [0.1, 0.15) is 46.3 Å². The number of aryl methyl sites for hydroxylation is 2. The summed E-state index contributed by atoms with van der Waals surface area (Å²) >= 11 is 0. The number of carbonyl (C=O) groups is 3. The second kappa shape index (κ2) is 9.47. The second-order valence-corrected chi connectivity index (χ2v) is 7.54. The first-order valence-electron chi connectivity index (χ1n) is 9.87. The van der Waals surface area contributed by atoms with E-state index in [9.17, 15) is 14.4 Å². The fourth-order valence-electron chi connectivity index (χ4n) is 3.75. The fraction of sp³-hybridized carbons (Fsp3) is 0.348. The van der Waals surface area contributed by atoms with Gasteiger partial charge in [-0.25, -0.2) is 4.79 Å². The highest BCUT2D eigenvalue weighted by Gasteiger charge is 2.29. The molecule has 1 fully saturated rings. The van der Waals surface area contributed by atoms with Crippen molar-refractivity contribution in [1.82, 2.24) is 5.06 Å². The van der Waals surface area contributed by atoms with E-state index in [0.29, 0.717) is 24.9 Å². The normalized spacial score (nSPS) is 16.8. The molecule has 2 aromatic carbocycles. The topological polar surface area (TPSA) is 75.7 Å². The summed E-state index contributed by atoms with van der Waals surface area (Å²) in [6.45, 7) is 4.40. The standard InChI is InChI=1S/C23H26N2O4/c1-16-11-17(2)13-19(12-16)22(27)23(28)29-25-10-4-3-5-21(25)14-18-6-8-20(9-7-18)24-15-26/h6-9,11-13,15,21H,3-5,10,14H2,1-2H3,(H,24,26). The lowest BCUT2D eigenvalue weighted by molar-refractivity contribution is -0.201. The number of amides is 1. The molecule has 1 heterocycles. The van der Waals surface area contributed by atoms with Crippen LogP contribution in [0.5, 0.6) is 0 Å². The number of carbonyl (C=O) groups excluding carboxylic acids is 3. The smallest absolute Gasteiger partial charge is 0.361 e. The Bertz CT molecular complexity index is 872. The molecule has 0 aromatic heterocycles. The number of anilines is 1. The summed E-state index contributed by atoms with van der Waals surface area (Å²) in [6.07, 6.45) is 4.20. The van der Waals surface area contributed by atoms with Crippen LogP contribution in [0.2, 0.25) is 0 Å². The summed E-state index contributed by atoms with van der Waals surface area (Å²) in [7, 11) is 0. The Morgan fingerprint density at radius 3 is 2.45 bits per heavy atom. The Kier molecular flexibility index (Phi) is 6.77. The molecule has 1 N–H and O–H groups in total. The van der Waals surface area contributed by atoms with Gasteiger partial charge in [0.1, 0.15) is 0 Å². The summed E-state index contributed by atoms with van der Waals surface area (Å²) in [5.74, 6) is -1.46. The maximum absolute atomic E-state index is 12.6. The predicted octanol–water partition coefficient (Wildman–Crippen LogP) is 3.61. The van der Waals surface area contributed by atoms with Crippen molar-refractivity contribution in [1.29, 1.82) is 0 Å². The van der Waals surface area contributed by atoms with Gasteiger partial charge < -0.3 is 10.2 Å². The molecule has 1 atom stereocenters. The number of nitrogens with one attached hydrogen (secondary N) is 1. The molecule has 0 radical (unpaired) electrons. The first-order valence-corrected chi connectivity index (χ1v) is 9.87. The summed E-state index contributed by atoms with van der Waals surface area (Å²) < 4.78 is 0. The number of Topliss-reactive ketones (excluding diaryl/α,β-unsaturated/α-hetero) is 1. The predicted molar refractivity (Wildman–Crippen MR) is 111 cm³/mol. The van der Waals surface area contributed by atoms with E-state index in [1.54, 1.807) is 17.2 Å². The second-order valence-electron chi connectivity index (χ2n) is 7.54. The van der Waals surface area contributed by atoms with Gasteiger partial charge >= 0.3 is 5.97 Å². The molecule has 6 nitrogen and oxygen atoms in total. The fourth-order valence-corrected chi connectivity index (χ4v) is 3.75. The highest BCUT2D eigenvalue weighted by atomic mass is 16.7. The molecule has 3 rings (SSSR count). The Balaban J connectivity index is 1.66. The third-order valence-electron chi connectivity index (χ3n) is 5.09. The van der Waals surface area contributed by atoms with Crippen LogP contribution >= 0.6 is 0 Å². The van der Waals surface area contributed by atoms with Crippen molar-refractivity contribution < 1.29 is 19.2 Å². The van der Waals surface area contributed by atoms with Crippen molar-refractivity contribution in [3.63, 3.8) is 0 Å². The zero-order valence-electron chi connectivity index (χ0n) is 16.8. The van der Waals surface area contributed by atoms with Gasteiger partial charge in [-0.1, -0.05) is 35.7 Å². The summed E-state index contributed by atoms with van der Waals surface area (Å²) in [6, 6.07) is 13.0. The molecule has 0 bridgehead atoms. The monoisotopic (exact) mass is 394 g/mol. The van der Waals surface area contributed by atoms with Crippen LogP contribution in [0.4, 0.5) is 5.69 Å². The van der Waals surface area contributed by atoms with E-state index < -0.39 is 11.8 Å². The number of ketones is 1. The highest BCUT2D eigenvalue weighted by Crippen LogP contribution is 2.22. The molecule has 6 heteroatoms. The van der Waals surface area contributed by atoms with Gasteiger partial charge in [-0.2, -0.15) is 0 Å². The molecule has 0 saturated carbocycles. The molecule has 0 spiro atoms. The van der Waals surface area contributed by atoms with Gasteiger partial charge in [0.25, 0.3) is 5.78 Å². The van der Waals surface area contributed by atoms with E-state index in [1.807, 2.05) is 44.2 Å². The van der Waals surface area contributed by atoms with Gasteiger partial charge in [0.05, 0.1) is 6.04 Å². The Morgan fingerprint density at radius 1 is 1.10 bits per heavy atom. The van der Waals surface area contributed by atoms with E-state index in [0.717, 1.165) is 41.6 Å². The first-order chi connectivity index (χ1) is 14.0. The SMILES string of the molecule is Cc1cc(C)cc(C(=O)C(=O)ON2CCCCC2Cc2ccc(NC=O)cc2)c1. The molecule has 152 valence electrons. The number of piperidine rings is 1. The van der Waals surface area contributed by atoms with Gasteiger partial charge in [-0.05, 0) is 62.9 Å². The highest BCUT2D eigenvalue weighted by molar-refractivity contribution is 6.40. The van der Waals surface area contributed by atoms with E-state index in [-0.39, 0.29) is 6.04 Å². The quantitative estimate of drug-likeness (QED) is 0.441. The molecular formula is C23H26N2O4. The largest absolute Gasteiger partial charge is 0.398 e. The minimum Gasteiger partial charge on any atom is -0.361 e. The van der Waals surface area contributed by atoms with Gasteiger partial charge in [-0.3, -0.25) is 9.59 Å². The lowest BCUT2D eigenvalue weighted by Gasteiger charge is -2.33. The molecule has 1 aliphatic heterocycles. The molecule has 0 aliphatic carbocycles. The van der Waals surface area contributed by atoms with E-state index >= 15 is 0 Å². The summed E-state index contributed by atoms with van der Waals surface area (Å²) in [4.78, 5) is 41.1. The first kappa shape index (κ1) is 20.7. The van der Waals surface area contributed by atoms with E-state index in [1.165, 1.54) is 0 Å². The van der Waals surface area contributed by atoms with Crippen LogP contribution in [0, 0.1) is 13.8 Å². The third kappa shape index (κ3) is 5.51. The number of rotatable bonds is 7. The van der Waals surface area contributed by atoms with E-state index in [4.69, 9.17) is 4.84 Å². The van der Waals surface area contributed by atoms with Crippen LogP contribution in [0.25, 0.3) is 0 Å². The van der Waals surface area contributed by atoms with Crippen LogP contribution < -0.4 is 5.32 Å². The Labute approximate surface area is 170 Å². The van der Waals surface area contributed by atoms with Crippen molar-refractivity contribution in [3.05, 3.63) is 64.7 Å². The Morgan fingerprint density at radius 2 is 1.79 bits per heavy atom. The zero-order valence-corrected chi connectivity index (χ0v) is 16.8. The Hall–Kier alpha value is -2.99. The zero-order chi connectivity index (χ0) is 20.8.